The van der Waals surface area contributed by atoms with Gasteiger partial charge in [-0.25, -0.2) is 9.07 Å². The van der Waals surface area contributed by atoms with Gasteiger partial charge >= 0.3 is 0 Å². The molecule has 1 aromatic carbocycles. The highest BCUT2D eigenvalue weighted by molar-refractivity contribution is 5.90. The van der Waals surface area contributed by atoms with Crippen LogP contribution >= 0.6 is 12.4 Å². The molecule has 25 heavy (non-hydrogen) atoms. The number of hydrogen-bond donors (Lipinski definition) is 2. The van der Waals surface area contributed by atoms with Crippen LogP contribution in [0.1, 0.15) is 32.1 Å². The van der Waals surface area contributed by atoms with E-state index < -0.39 is 0 Å². The van der Waals surface area contributed by atoms with E-state index >= 15 is 0 Å². The Morgan fingerprint density at radius 3 is 2.72 bits per heavy atom. The molecule has 7 heteroatoms. The number of carbonyl (C=O) groups is 1. The minimum absolute atomic E-state index is 0. The van der Waals surface area contributed by atoms with Gasteiger partial charge in [0.15, 0.2) is 0 Å². The van der Waals surface area contributed by atoms with Gasteiger partial charge in [0.05, 0.1) is 18.1 Å². The molecule has 134 valence electrons. The van der Waals surface area contributed by atoms with E-state index in [2.05, 4.69) is 15.7 Å². The van der Waals surface area contributed by atoms with Gasteiger partial charge in [-0.05, 0) is 43.7 Å². The topological polar surface area (TPSA) is 59.0 Å². The second kappa shape index (κ2) is 7.54. The summed E-state index contributed by atoms with van der Waals surface area (Å²) in [6.45, 7) is 0. The van der Waals surface area contributed by atoms with E-state index in [1.54, 1.807) is 30.6 Å². The van der Waals surface area contributed by atoms with Gasteiger partial charge in [-0.1, -0.05) is 12.1 Å². The molecule has 2 aromatic rings. The van der Waals surface area contributed by atoms with Crippen molar-refractivity contribution < 1.29 is 9.18 Å². The van der Waals surface area contributed by atoms with Crippen LogP contribution in [-0.2, 0) is 4.79 Å². The number of benzene rings is 1. The van der Waals surface area contributed by atoms with Crippen molar-refractivity contribution in [3.05, 3.63) is 42.5 Å². The second-order valence-electron chi connectivity index (χ2n) is 6.85. The zero-order valence-corrected chi connectivity index (χ0v) is 14.6. The van der Waals surface area contributed by atoms with Crippen LogP contribution in [0.3, 0.4) is 0 Å². The number of rotatable bonds is 4. The van der Waals surface area contributed by atoms with E-state index in [0.717, 1.165) is 12.8 Å². The van der Waals surface area contributed by atoms with Gasteiger partial charge in [0, 0.05) is 18.5 Å². The van der Waals surface area contributed by atoms with Crippen molar-refractivity contribution in [2.45, 2.75) is 44.2 Å². The molecule has 1 aromatic heterocycles. The van der Waals surface area contributed by atoms with Crippen LogP contribution in [-0.4, -0.2) is 27.8 Å². The third kappa shape index (κ3) is 4.02. The van der Waals surface area contributed by atoms with Crippen molar-refractivity contribution in [2.24, 2.45) is 5.92 Å². The van der Waals surface area contributed by atoms with E-state index in [1.165, 1.54) is 23.6 Å². The standard InChI is InChI=1S/C18H21FN4O.ClH/c19-16-3-1-2-4-17(16)23-11-15(10-20-23)22-18(24)9-12-7-13-5-6-14(8-12)21-13;/h1-4,10-14,21H,5-9H2,(H,22,24);1H. The van der Waals surface area contributed by atoms with E-state index in [0.29, 0.717) is 35.8 Å². The quantitative estimate of drug-likeness (QED) is 0.875. The number of piperidine rings is 1. The fraction of sp³-hybridized carbons (Fsp3) is 0.444. The third-order valence-electron chi connectivity index (χ3n) is 5.01. The molecule has 0 radical (unpaired) electrons. The Bertz CT molecular complexity index is 738. The fourth-order valence-corrected chi connectivity index (χ4v) is 3.97. The number of aromatic nitrogens is 2. The van der Waals surface area contributed by atoms with Gasteiger partial charge in [0.25, 0.3) is 0 Å². The fourth-order valence-electron chi connectivity index (χ4n) is 3.97. The van der Waals surface area contributed by atoms with Crippen molar-refractivity contribution in [2.75, 3.05) is 5.32 Å². The summed E-state index contributed by atoms with van der Waals surface area (Å²) in [7, 11) is 0. The van der Waals surface area contributed by atoms with Crippen LogP contribution in [0.25, 0.3) is 5.69 Å². The SMILES string of the molecule is Cl.O=C(CC1CC2CCC(C1)N2)Nc1cnn(-c2ccccc2F)c1. The summed E-state index contributed by atoms with van der Waals surface area (Å²) in [5, 5.41) is 10.6. The molecular formula is C18H22ClFN4O. The number of halogens is 2. The number of nitrogens with one attached hydrogen (secondary N) is 2. The number of fused-ring (bicyclic) bond motifs is 2. The maximum Gasteiger partial charge on any atom is 0.224 e. The van der Waals surface area contributed by atoms with Gasteiger partial charge in [0.2, 0.25) is 5.91 Å². The highest BCUT2D eigenvalue weighted by atomic mass is 35.5. The lowest BCUT2D eigenvalue weighted by molar-refractivity contribution is -0.117. The Morgan fingerprint density at radius 2 is 2.00 bits per heavy atom. The normalized spacial score (nSPS) is 24.6. The minimum Gasteiger partial charge on any atom is -0.323 e. The number of amides is 1. The number of nitrogens with zero attached hydrogens (tertiary/aromatic N) is 2. The molecule has 0 aliphatic carbocycles. The summed E-state index contributed by atoms with van der Waals surface area (Å²) < 4.78 is 15.2. The molecule has 2 fully saturated rings. The molecule has 2 aliphatic rings. The summed E-state index contributed by atoms with van der Waals surface area (Å²) in [6.07, 6.45) is 8.37. The molecule has 5 nitrogen and oxygen atoms in total. The van der Waals surface area contributed by atoms with Crippen molar-refractivity contribution in [1.82, 2.24) is 15.1 Å². The summed E-state index contributed by atoms with van der Waals surface area (Å²) in [5.41, 5.74) is 0.966. The molecule has 2 N–H and O–H groups in total. The molecule has 3 heterocycles. The summed E-state index contributed by atoms with van der Waals surface area (Å²) >= 11 is 0. The predicted octanol–water partition coefficient (Wildman–Crippen LogP) is 3.29. The lowest BCUT2D eigenvalue weighted by Gasteiger charge is -2.28. The first kappa shape index (κ1) is 17.9. The lowest BCUT2D eigenvalue weighted by atomic mass is 9.89. The maximum absolute atomic E-state index is 13.8. The van der Waals surface area contributed by atoms with Gasteiger partial charge in [-0.3, -0.25) is 4.79 Å². The molecule has 2 saturated heterocycles. The summed E-state index contributed by atoms with van der Waals surface area (Å²) in [5.74, 6) is 0.114. The second-order valence-corrected chi connectivity index (χ2v) is 6.85. The van der Waals surface area contributed by atoms with Crippen LogP contribution in [0.2, 0.25) is 0 Å². The Hall–Kier alpha value is -1.92. The highest BCUT2D eigenvalue weighted by Crippen LogP contribution is 2.32. The molecule has 2 aliphatic heterocycles. The van der Waals surface area contributed by atoms with Crippen molar-refractivity contribution in [3.63, 3.8) is 0 Å². The van der Waals surface area contributed by atoms with Crippen molar-refractivity contribution in [1.29, 1.82) is 0 Å². The van der Waals surface area contributed by atoms with E-state index in [9.17, 15) is 9.18 Å². The number of carbonyl (C=O) groups excluding carboxylic acids is 1. The van der Waals surface area contributed by atoms with Crippen LogP contribution in [0, 0.1) is 11.7 Å². The zero-order chi connectivity index (χ0) is 16.5. The average Bonchev–Trinajstić information content (AvgIpc) is 3.14. The Morgan fingerprint density at radius 1 is 1.28 bits per heavy atom. The van der Waals surface area contributed by atoms with Gasteiger partial charge in [0.1, 0.15) is 11.5 Å². The van der Waals surface area contributed by atoms with Gasteiger partial charge in [-0.2, -0.15) is 5.10 Å². The Labute approximate surface area is 152 Å². The first-order valence-electron chi connectivity index (χ1n) is 8.53. The molecule has 1 amide bonds. The van der Waals surface area contributed by atoms with Crippen molar-refractivity contribution in [3.8, 4) is 5.69 Å². The van der Waals surface area contributed by atoms with Gasteiger partial charge < -0.3 is 10.6 Å². The van der Waals surface area contributed by atoms with E-state index in [-0.39, 0.29) is 24.1 Å². The largest absolute Gasteiger partial charge is 0.323 e. The maximum atomic E-state index is 13.8. The molecule has 2 bridgehead atoms. The number of anilines is 1. The molecular weight excluding hydrogens is 343 g/mol. The van der Waals surface area contributed by atoms with E-state index in [1.807, 2.05) is 0 Å². The summed E-state index contributed by atoms with van der Waals surface area (Å²) in [6, 6.07) is 7.61. The van der Waals surface area contributed by atoms with Crippen LogP contribution in [0.5, 0.6) is 0 Å². The molecule has 0 saturated carbocycles. The third-order valence-corrected chi connectivity index (χ3v) is 5.01. The molecule has 4 rings (SSSR count). The number of hydrogen-bond acceptors (Lipinski definition) is 3. The van der Waals surface area contributed by atoms with Crippen molar-refractivity contribution >= 4 is 24.0 Å². The molecule has 0 spiro atoms. The molecule has 2 atom stereocenters. The highest BCUT2D eigenvalue weighted by Gasteiger charge is 2.34. The monoisotopic (exact) mass is 364 g/mol. The first-order chi connectivity index (χ1) is 11.7. The van der Waals surface area contributed by atoms with Gasteiger partial charge in [-0.15, -0.1) is 12.4 Å². The average molecular weight is 365 g/mol. The smallest absolute Gasteiger partial charge is 0.224 e. The van der Waals surface area contributed by atoms with Crippen LogP contribution in [0.15, 0.2) is 36.7 Å². The summed E-state index contributed by atoms with van der Waals surface area (Å²) in [4.78, 5) is 12.3. The number of para-hydroxylation sites is 1. The zero-order valence-electron chi connectivity index (χ0n) is 13.8. The predicted molar refractivity (Wildman–Crippen MR) is 96.7 cm³/mol. The molecule has 2 unspecified atom stereocenters. The van der Waals surface area contributed by atoms with Crippen LogP contribution < -0.4 is 10.6 Å². The van der Waals surface area contributed by atoms with Crippen LogP contribution in [0.4, 0.5) is 10.1 Å². The Kier molecular flexibility index (Phi) is 5.39. The first-order valence-corrected chi connectivity index (χ1v) is 8.53. The minimum atomic E-state index is -0.344. The van der Waals surface area contributed by atoms with E-state index in [4.69, 9.17) is 0 Å². The lowest BCUT2D eigenvalue weighted by Crippen LogP contribution is -2.39. The Balaban J connectivity index is 0.00000182.